The van der Waals surface area contributed by atoms with Crippen molar-refractivity contribution in [3.63, 3.8) is 0 Å². The van der Waals surface area contributed by atoms with Gasteiger partial charge in [-0.1, -0.05) is 26.2 Å². The fourth-order valence-electron chi connectivity index (χ4n) is 4.57. The summed E-state index contributed by atoms with van der Waals surface area (Å²) in [5, 5.41) is 14.5. The third-order valence-corrected chi connectivity index (χ3v) is 5.65. The molecule has 3 nitrogen and oxygen atoms in total. The Balaban J connectivity index is 1.60. The van der Waals surface area contributed by atoms with Crippen molar-refractivity contribution < 1.29 is 5.11 Å². The lowest BCUT2D eigenvalue weighted by molar-refractivity contribution is -0.0393. The van der Waals surface area contributed by atoms with Gasteiger partial charge in [0.1, 0.15) is 0 Å². The monoisotopic (exact) mass is 266 g/mol. The van der Waals surface area contributed by atoms with Gasteiger partial charge in [0.25, 0.3) is 0 Å². The molecule has 2 unspecified atom stereocenters. The maximum Gasteiger partial charge on any atom is 0.0774 e. The van der Waals surface area contributed by atoms with E-state index >= 15 is 0 Å². The first kappa shape index (κ1) is 13.8. The molecular formula is C16H30N2O. The Hall–Kier alpha value is -0.120. The van der Waals surface area contributed by atoms with Gasteiger partial charge in [0, 0.05) is 24.7 Å². The van der Waals surface area contributed by atoms with Crippen molar-refractivity contribution in [3.8, 4) is 0 Å². The number of hydrogen-bond donors (Lipinski definition) is 2. The van der Waals surface area contributed by atoms with Crippen molar-refractivity contribution in [2.24, 2.45) is 0 Å². The molecule has 3 fully saturated rings. The maximum atomic E-state index is 10.8. The molecule has 3 rings (SSSR count). The highest BCUT2D eigenvalue weighted by atomic mass is 16.3. The molecular weight excluding hydrogens is 236 g/mol. The van der Waals surface area contributed by atoms with Crippen molar-refractivity contribution >= 4 is 0 Å². The van der Waals surface area contributed by atoms with Gasteiger partial charge in [-0.2, -0.15) is 0 Å². The minimum atomic E-state index is -0.391. The van der Waals surface area contributed by atoms with Crippen molar-refractivity contribution in [2.45, 2.75) is 88.4 Å². The zero-order valence-electron chi connectivity index (χ0n) is 12.4. The molecule has 2 saturated heterocycles. The van der Waals surface area contributed by atoms with Crippen molar-refractivity contribution in [2.75, 3.05) is 13.1 Å². The summed E-state index contributed by atoms with van der Waals surface area (Å²) < 4.78 is 0. The highest BCUT2D eigenvalue weighted by molar-refractivity contribution is 4.97. The summed E-state index contributed by atoms with van der Waals surface area (Å²) in [6.45, 7) is 4.26. The molecule has 2 N–H and O–H groups in total. The molecule has 2 heterocycles. The summed E-state index contributed by atoms with van der Waals surface area (Å²) in [6.07, 6.45) is 11.1. The number of hydrogen-bond acceptors (Lipinski definition) is 3. The van der Waals surface area contributed by atoms with Crippen molar-refractivity contribution in [1.29, 1.82) is 0 Å². The highest BCUT2D eigenvalue weighted by Crippen LogP contribution is 2.33. The van der Waals surface area contributed by atoms with Gasteiger partial charge in [-0.3, -0.25) is 4.90 Å². The number of rotatable bonds is 4. The van der Waals surface area contributed by atoms with Crippen LogP contribution >= 0.6 is 0 Å². The molecule has 0 aromatic carbocycles. The lowest BCUT2D eigenvalue weighted by Gasteiger charge is -2.42. The van der Waals surface area contributed by atoms with Crippen molar-refractivity contribution in [1.82, 2.24) is 10.2 Å². The summed E-state index contributed by atoms with van der Waals surface area (Å²) in [5.74, 6) is 0. The minimum absolute atomic E-state index is 0.391. The lowest BCUT2D eigenvalue weighted by Crippen LogP contribution is -2.53. The Labute approximate surface area is 117 Å². The van der Waals surface area contributed by atoms with Gasteiger partial charge >= 0.3 is 0 Å². The van der Waals surface area contributed by atoms with Gasteiger partial charge in [0.05, 0.1) is 5.60 Å². The quantitative estimate of drug-likeness (QED) is 0.819. The van der Waals surface area contributed by atoms with Gasteiger partial charge in [-0.25, -0.2) is 0 Å². The van der Waals surface area contributed by atoms with Crippen LogP contribution in [0.4, 0.5) is 0 Å². The van der Waals surface area contributed by atoms with Crippen LogP contribution in [0.15, 0.2) is 0 Å². The minimum Gasteiger partial charge on any atom is -0.389 e. The highest BCUT2D eigenvalue weighted by Gasteiger charge is 2.38. The summed E-state index contributed by atoms with van der Waals surface area (Å²) in [6, 6.07) is 2.20. The molecule has 0 amide bonds. The maximum absolute atomic E-state index is 10.8. The van der Waals surface area contributed by atoms with E-state index < -0.39 is 5.60 Å². The van der Waals surface area contributed by atoms with Crippen LogP contribution in [0.2, 0.25) is 0 Å². The average molecular weight is 266 g/mol. The fourth-order valence-corrected chi connectivity index (χ4v) is 4.57. The van der Waals surface area contributed by atoms with E-state index in [1.54, 1.807) is 0 Å². The first-order valence-electron chi connectivity index (χ1n) is 8.41. The second kappa shape index (κ2) is 5.71. The van der Waals surface area contributed by atoms with Crippen LogP contribution in [-0.2, 0) is 0 Å². The molecule has 110 valence electrons. The normalized spacial score (nSPS) is 37.7. The SMILES string of the molecule is CCN(CC1(O)CCCCC1)C1CC2CCC(C1)N2. The number of likely N-dealkylation sites (N-methyl/N-ethyl adjacent to an activating group) is 1. The molecule has 0 radical (unpaired) electrons. The Morgan fingerprint density at radius 2 is 1.74 bits per heavy atom. The van der Waals surface area contributed by atoms with Crippen LogP contribution in [0.1, 0.15) is 64.7 Å². The molecule has 2 atom stereocenters. The van der Waals surface area contributed by atoms with E-state index in [0.717, 1.165) is 38.0 Å². The van der Waals surface area contributed by atoms with Gasteiger partial charge in [-0.05, 0) is 45.1 Å². The molecule has 19 heavy (non-hydrogen) atoms. The molecule has 0 spiro atoms. The van der Waals surface area contributed by atoms with Crippen LogP contribution in [0.25, 0.3) is 0 Å². The zero-order chi connectivity index (χ0) is 13.3. The Morgan fingerprint density at radius 3 is 2.32 bits per heavy atom. The Morgan fingerprint density at radius 1 is 1.11 bits per heavy atom. The Bertz CT molecular complexity index is 289. The molecule has 3 heteroatoms. The van der Waals surface area contributed by atoms with Crippen molar-refractivity contribution in [3.05, 3.63) is 0 Å². The van der Waals surface area contributed by atoms with Gasteiger partial charge in [0.2, 0.25) is 0 Å². The third-order valence-electron chi connectivity index (χ3n) is 5.65. The summed E-state index contributed by atoms with van der Waals surface area (Å²) >= 11 is 0. The molecule has 2 aliphatic heterocycles. The van der Waals surface area contributed by atoms with E-state index in [9.17, 15) is 5.11 Å². The fraction of sp³-hybridized carbons (Fsp3) is 1.00. The van der Waals surface area contributed by atoms with E-state index in [4.69, 9.17) is 0 Å². The average Bonchev–Trinajstić information content (AvgIpc) is 2.76. The van der Waals surface area contributed by atoms with E-state index in [-0.39, 0.29) is 0 Å². The zero-order valence-corrected chi connectivity index (χ0v) is 12.4. The second-order valence-corrected chi connectivity index (χ2v) is 7.11. The van der Waals surface area contributed by atoms with Gasteiger partial charge in [-0.15, -0.1) is 0 Å². The largest absolute Gasteiger partial charge is 0.389 e. The third kappa shape index (κ3) is 3.14. The van der Waals surface area contributed by atoms with Crippen LogP contribution in [-0.4, -0.2) is 46.8 Å². The standard InChI is InChI=1S/C16H30N2O/c1-2-18(12-16(19)8-4-3-5-9-16)15-10-13-6-7-14(11-15)17-13/h13-15,17,19H,2-12H2,1H3. The topological polar surface area (TPSA) is 35.5 Å². The number of nitrogens with zero attached hydrogens (tertiary/aromatic N) is 1. The number of nitrogens with one attached hydrogen (secondary N) is 1. The van der Waals surface area contributed by atoms with Crippen LogP contribution in [0.5, 0.6) is 0 Å². The smallest absolute Gasteiger partial charge is 0.0774 e. The number of piperidine rings is 1. The first-order chi connectivity index (χ1) is 9.18. The Kier molecular flexibility index (Phi) is 4.16. The molecule has 3 aliphatic rings. The van der Waals surface area contributed by atoms with E-state index in [1.807, 2.05) is 0 Å². The predicted molar refractivity (Wildman–Crippen MR) is 78.2 cm³/mol. The lowest BCUT2D eigenvalue weighted by atomic mass is 9.83. The second-order valence-electron chi connectivity index (χ2n) is 7.11. The summed E-state index contributed by atoms with van der Waals surface area (Å²) in [7, 11) is 0. The van der Waals surface area contributed by atoms with Gasteiger partial charge < -0.3 is 10.4 Å². The number of aliphatic hydroxyl groups is 1. The van der Waals surface area contributed by atoms with E-state index in [2.05, 4.69) is 17.1 Å². The first-order valence-corrected chi connectivity index (χ1v) is 8.41. The summed E-state index contributed by atoms with van der Waals surface area (Å²) in [5.41, 5.74) is -0.391. The van der Waals surface area contributed by atoms with Crippen LogP contribution in [0, 0.1) is 0 Å². The predicted octanol–water partition coefficient (Wildman–Crippen LogP) is 2.29. The van der Waals surface area contributed by atoms with Crippen LogP contribution < -0.4 is 5.32 Å². The molecule has 0 aromatic rings. The number of fused-ring (bicyclic) bond motifs is 2. The van der Waals surface area contributed by atoms with Crippen LogP contribution in [0.3, 0.4) is 0 Å². The van der Waals surface area contributed by atoms with E-state index in [0.29, 0.717) is 6.04 Å². The van der Waals surface area contributed by atoms with E-state index in [1.165, 1.54) is 44.9 Å². The molecule has 0 aromatic heterocycles. The molecule has 1 saturated carbocycles. The van der Waals surface area contributed by atoms with Gasteiger partial charge in [0.15, 0.2) is 0 Å². The molecule has 2 bridgehead atoms. The summed E-state index contributed by atoms with van der Waals surface area (Å²) in [4.78, 5) is 2.58. The molecule has 1 aliphatic carbocycles.